The fourth-order valence-corrected chi connectivity index (χ4v) is 4.74. The van der Waals surface area contributed by atoms with Crippen LogP contribution in [0.4, 0.5) is 20.2 Å². The number of nitro groups is 1. The Bertz CT molecular complexity index is 1120. The second-order valence-electron chi connectivity index (χ2n) is 7.08. The van der Waals surface area contributed by atoms with Gasteiger partial charge in [-0.15, -0.1) is 11.3 Å². The van der Waals surface area contributed by atoms with Gasteiger partial charge in [-0.25, -0.2) is 13.8 Å². The molecule has 4 rings (SSSR count). The molecule has 0 saturated heterocycles. The van der Waals surface area contributed by atoms with E-state index in [2.05, 4.69) is 9.56 Å². The van der Waals surface area contributed by atoms with Gasteiger partial charge >= 0.3 is 0 Å². The number of nitro benzene ring substituents is 1. The molecule has 0 amide bonds. The number of thiazole rings is 1. The quantitative estimate of drug-likeness (QED) is 0.379. The first kappa shape index (κ1) is 19.4. The van der Waals surface area contributed by atoms with E-state index in [0.29, 0.717) is 4.80 Å². The second-order valence-corrected chi connectivity index (χ2v) is 7.92. The summed E-state index contributed by atoms with van der Waals surface area (Å²) in [7, 11) is 0. The molecule has 29 heavy (non-hydrogen) atoms. The van der Waals surface area contributed by atoms with Crippen LogP contribution in [0, 0.1) is 21.7 Å². The second kappa shape index (κ2) is 8.24. The van der Waals surface area contributed by atoms with E-state index in [1.165, 1.54) is 36.0 Å². The Morgan fingerprint density at radius 2 is 1.90 bits per heavy atom. The molecule has 0 N–H and O–H groups in total. The average molecular weight is 415 g/mol. The summed E-state index contributed by atoms with van der Waals surface area (Å²) in [6, 6.07) is 10.0. The highest BCUT2D eigenvalue weighted by Crippen LogP contribution is 2.33. The van der Waals surface area contributed by atoms with Crippen molar-refractivity contribution in [2.45, 2.75) is 38.1 Å². The molecule has 0 bridgehead atoms. The predicted octanol–water partition coefficient (Wildman–Crippen LogP) is 6.14. The molecule has 1 aliphatic rings. The lowest BCUT2D eigenvalue weighted by Gasteiger charge is -2.25. The first-order valence-electron chi connectivity index (χ1n) is 9.47. The van der Waals surface area contributed by atoms with Gasteiger partial charge in [-0.3, -0.25) is 10.1 Å². The summed E-state index contributed by atoms with van der Waals surface area (Å²) in [5, 5.41) is 13.1. The summed E-state index contributed by atoms with van der Waals surface area (Å²) in [4.78, 5) is 15.8. The summed E-state index contributed by atoms with van der Waals surface area (Å²) in [5.74, 6) is -1.37. The van der Waals surface area contributed by atoms with Crippen molar-refractivity contribution >= 4 is 22.7 Å². The Labute approximate surface area is 170 Å². The first-order valence-corrected chi connectivity index (χ1v) is 10.4. The molecule has 3 aromatic rings. The summed E-state index contributed by atoms with van der Waals surface area (Å²) in [6.07, 6.45) is 5.29. The van der Waals surface area contributed by atoms with E-state index >= 15 is 0 Å². The van der Waals surface area contributed by atoms with E-state index in [1.54, 1.807) is 12.1 Å². The molecule has 0 spiro atoms. The van der Waals surface area contributed by atoms with Crippen LogP contribution in [0.25, 0.3) is 11.3 Å². The minimum absolute atomic E-state index is 0.0203. The predicted molar refractivity (Wildman–Crippen MR) is 108 cm³/mol. The van der Waals surface area contributed by atoms with Gasteiger partial charge in [0.15, 0.2) is 10.6 Å². The monoisotopic (exact) mass is 415 g/mol. The normalized spacial score (nSPS) is 15.6. The number of aromatic nitrogens is 1. The van der Waals surface area contributed by atoms with Crippen LogP contribution in [0.5, 0.6) is 0 Å². The van der Waals surface area contributed by atoms with Crippen molar-refractivity contribution in [3.63, 3.8) is 0 Å². The smallest absolute Gasteiger partial charge is 0.270 e. The maximum Gasteiger partial charge on any atom is 0.270 e. The number of rotatable bonds is 4. The number of nitrogens with zero attached hydrogens (tertiary/aromatic N) is 3. The van der Waals surface area contributed by atoms with Crippen LogP contribution in [-0.2, 0) is 0 Å². The number of hydrogen-bond donors (Lipinski definition) is 0. The number of benzene rings is 2. The summed E-state index contributed by atoms with van der Waals surface area (Å²) in [6.45, 7) is 0. The van der Waals surface area contributed by atoms with Gasteiger partial charge in [-0.1, -0.05) is 31.4 Å². The highest BCUT2D eigenvalue weighted by atomic mass is 32.1. The van der Waals surface area contributed by atoms with E-state index < -0.39 is 16.6 Å². The minimum Gasteiger partial charge on any atom is -0.313 e. The van der Waals surface area contributed by atoms with Crippen LogP contribution >= 0.6 is 11.3 Å². The van der Waals surface area contributed by atoms with Crippen LogP contribution in [0.1, 0.15) is 38.1 Å². The zero-order chi connectivity index (χ0) is 20.4. The van der Waals surface area contributed by atoms with Crippen LogP contribution in [0.15, 0.2) is 52.8 Å². The molecule has 2 aromatic carbocycles. The van der Waals surface area contributed by atoms with E-state index in [1.807, 2.05) is 11.4 Å². The number of hydrogen-bond acceptors (Lipinski definition) is 4. The molecular weight excluding hydrogens is 396 g/mol. The van der Waals surface area contributed by atoms with Gasteiger partial charge in [0.1, 0.15) is 11.5 Å². The Morgan fingerprint density at radius 3 is 2.62 bits per heavy atom. The highest BCUT2D eigenvalue weighted by molar-refractivity contribution is 7.07. The Balaban J connectivity index is 1.88. The van der Waals surface area contributed by atoms with Crippen molar-refractivity contribution in [1.29, 1.82) is 0 Å². The molecule has 1 fully saturated rings. The molecular formula is C21H19F2N3O2S. The summed E-state index contributed by atoms with van der Waals surface area (Å²) >= 11 is 1.35. The van der Waals surface area contributed by atoms with E-state index in [4.69, 9.17) is 0 Å². The largest absolute Gasteiger partial charge is 0.313 e. The fraction of sp³-hybridized carbons (Fsp3) is 0.286. The van der Waals surface area contributed by atoms with Crippen LogP contribution in [0.2, 0.25) is 0 Å². The zero-order valence-corrected chi connectivity index (χ0v) is 16.4. The fourth-order valence-electron chi connectivity index (χ4n) is 3.76. The molecule has 5 nitrogen and oxygen atoms in total. The molecule has 0 unspecified atom stereocenters. The maximum absolute atomic E-state index is 14.2. The lowest BCUT2D eigenvalue weighted by Crippen LogP contribution is -2.23. The topological polar surface area (TPSA) is 60.4 Å². The Morgan fingerprint density at radius 1 is 1.10 bits per heavy atom. The van der Waals surface area contributed by atoms with Gasteiger partial charge in [0, 0.05) is 35.2 Å². The highest BCUT2D eigenvalue weighted by Gasteiger charge is 2.21. The van der Waals surface area contributed by atoms with Crippen molar-refractivity contribution < 1.29 is 13.7 Å². The summed E-state index contributed by atoms with van der Waals surface area (Å²) in [5.41, 5.74) is 1.64. The first-order chi connectivity index (χ1) is 14.0. The maximum atomic E-state index is 14.2. The molecule has 0 aliphatic heterocycles. The van der Waals surface area contributed by atoms with Gasteiger partial charge in [0.2, 0.25) is 0 Å². The van der Waals surface area contributed by atoms with Gasteiger partial charge in [-0.2, -0.15) is 0 Å². The SMILES string of the molecule is O=[N+]([O-])c1cccc(-c2csc(=Nc3ccc(F)cc3F)n2C2CCCCC2)c1. The molecule has 8 heteroatoms. The third-order valence-corrected chi connectivity index (χ3v) is 6.00. The average Bonchev–Trinajstić information content (AvgIpc) is 3.14. The Hall–Kier alpha value is -2.87. The molecule has 1 aromatic heterocycles. The third-order valence-electron chi connectivity index (χ3n) is 5.16. The van der Waals surface area contributed by atoms with E-state index in [-0.39, 0.29) is 17.4 Å². The number of non-ortho nitro benzene ring substituents is 1. The molecule has 0 radical (unpaired) electrons. The van der Waals surface area contributed by atoms with Crippen LogP contribution < -0.4 is 4.80 Å². The standard InChI is InChI=1S/C21H19F2N3O2S/c22-15-9-10-19(18(23)12-15)24-21-25(16-6-2-1-3-7-16)20(13-29-21)14-5-4-8-17(11-14)26(27)28/h4-5,8-13,16H,1-3,6-7H2. The van der Waals surface area contributed by atoms with Gasteiger partial charge in [-0.05, 0) is 25.0 Å². The van der Waals surface area contributed by atoms with Crippen LogP contribution in [0.3, 0.4) is 0 Å². The summed E-state index contributed by atoms with van der Waals surface area (Å²) < 4.78 is 29.5. The minimum atomic E-state index is -0.717. The molecule has 150 valence electrons. The Kier molecular flexibility index (Phi) is 5.53. The zero-order valence-electron chi connectivity index (χ0n) is 15.6. The van der Waals surface area contributed by atoms with Crippen LogP contribution in [-0.4, -0.2) is 9.49 Å². The number of halogens is 2. The molecule has 0 atom stereocenters. The third kappa shape index (κ3) is 4.12. The van der Waals surface area contributed by atoms with Gasteiger partial charge in [0.05, 0.1) is 10.6 Å². The van der Waals surface area contributed by atoms with Crippen molar-refractivity contribution in [3.05, 3.63) is 74.4 Å². The van der Waals surface area contributed by atoms with Crippen molar-refractivity contribution in [3.8, 4) is 11.3 Å². The molecule has 1 heterocycles. The molecule has 1 aliphatic carbocycles. The van der Waals surface area contributed by atoms with Crippen molar-refractivity contribution in [2.75, 3.05) is 0 Å². The van der Waals surface area contributed by atoms with E-state index in [9.17, 15) is 18.9 Å². The molecule has 1 saturated carbocycles. The lowest BCUT2D eigenvalue weighted by molar-refractivity contribution is -0.384. The lowest BCUT2D eigenvalue weighted by atomic mass is 9.95. The van der Waals surface area contributed by atoms with Gasteiger partial charge < -0.3 is 4.57 Å². The van der Waals surface area contributed by atoms with Crippen molar-refractivity contribution in [1.82, 2.24) is 4.57 Å². The van der Waals surface area contributed by atoms with Crippen molar-refractivity contribution in [2.24, 2.45) is 4.99 Å². The van der Waals surface area contributed by atoms with E-state index in [0.717, 1.165) is 43.0 Å². The van der Waals surface area contributed by atoms with Gasteiger partial charge in [0.25, 0.3) is 5.69 Å².